The van der Waals surface area contributed by atoms with E-state index in [9.17, 15) is 13.2 Å². The van der Waals surface area contributed by atoms with Crippen molar-refractivity contribution in [3.8, 4) is 5.75 Å². The summed E-state index contributed by atoms with van der Waals surface area (Å²) in [5, 5.41) is 0.601. The molecule has 0 bridgehead atoms. The molecular formula is C15H12Cl2O4S. The lowest BCUT2D eigenvalue weighted by molar-refractivity contribution is 0.0734. The summed E-state index contributed by atoms with van der Waals surface area (Å²) in [6.07, 6.45) is 1.09. The van der Waals surface area contributed by atoms with Crippen molar-refractivity contribution in [3.05, 3.63) is 57.6 Å². The van der Waals surface area contributed by atoms with Crippen LogP contribution in [0.25, 0.3) is 0 Å². The Balaban J connectivity index is 2.32. The fourth-order valence-electron chi connectivity index (χ4n) is 1.83. The first-order chi connectivity index (χ1) is 10.2. The Bertz CT molecular complexity index is 845. The molecule has 7 heteroatoms. The average Bonchev–Trinajstić information content (AvgIpc) is 2.42. The number of ether oxygens (including phenoxy) is 1. The van der Waals surface area contributed by atoms with Crippen molar-refractivity contribution in [2.75, 3.05) is 6.26 Å². The van der Waals surface area contributed by atoms with E-state index in [1.54, 1.807) is 13.0 Å². The fraction of sp³-hybridized carbons (Fsp3) is 0.133. The number of carbonyl (C=O) groups is 1. The molecule has 0 heterocycles. The largest absolute Gasteiger partial charge is 0.423 e. The van der Waals surface area contributed by atoms with Crippen LogP contribution in [0.15, 0.2) is 41.3 Å². The minimum absolute atomic E-state index is 0.0936. The van der Waals surface area contributed by atoms with Crippen LogP contribution < -0.4 is 4.74 Å². The van der Waals surface area contributed by atoms with E-state index in [0.717, 1.165) is 6.26 Å². The first-order valence-corrected chi connectivity index (χ1v) is 8.81. The Morgan fingerprint density at radius 3 is 2.32 bits per heavy atom. The van der Waals surface area contributed by atoms with E-state index in [1.165, 1.54) is 30.3 Å². The van der Waals surface area contributed by atoms with Crippen molar-refractivity contribution in [3.63, 3.8) is 0 Å². The lowest BCUT2D eigenvalue weighted by atomic mass is 10.1. The van der Waals surface area contributed by atoms with E-state index < -0.39 is 15.8 Å². The summed E-state index contributed by atoms with van der Waals surface area (Å²) >= 11 is 11.6. The van der Waals surface area contributed by atoms with Crippen LogP contribution in [-0.2, 0) is 9.84 Å². The van der Waals surface area contributed by atoms with Gasteiger partial charge in [0, 0.05) is 12.3 Å². The highest BCUT2D eigenvalue weighted by molar-refractivity contribution is 7.90. The zero-order chi connectivity index (χ0) is 16.5. The molecule has 0 atom stereocenters. The summed E-state index contributed by atoms with van der Waals surface area (Å²) in [5.74, 6) is -0.454. The molecule has 2 aromatic carbocycles. The van der Waals surface area contributed by atoms with Gasteiger partial charge in [-0.25, -0.2) is 13.2 Å². The summed E-state index contributed by atoms with van der Waals surface area (Å²) in [7, 11) is -3.42. The summed E-state index contributed by atoms with van der Waals surface area (Å²) < 4.78 is 28.5. The highest BCUT2D eigenvalue weighted by atomic mass is 35.5. The van der Waals surface area contributed by atoms with E-state index >= 15 is 0 Å². The molecule has 0 aliphatic rings. The Labute approximate surface area is 138 Å². The minimum atomic E-state index is -3.42. The molecule has 0 aromatic heterocycles. The van der Waals surface area contributed by atoms with Crippen LogP contribution in [0, 0.1) is 6.92 Å². The number of sulfone groups is 1. The molecule has 4 nitrogen and oxygen atoms in total. The molecule has 2 aromatic rings. The van der Waals surface area contributed by atoms with Crippen LogP contribution in [-0.4, -0.2) is 20.6 Å². The van der Waals surface area contributed by atoms with Crippen molar-refractivity contribution < 1.29 is 17.9 Å². The van der Waals surface area contributed by atoms with E-state index in [2.05, 4.69) is 0 Å². The lowest BCUT2D eigenvalue weighted by Gasteiger charge is -2.08. The molecule has 0 aliphatic carbocycles. The third-order valence-electron chi connectivity index (χ3n) is 2.92. The number of hydrogen-bond acceptors (Lipinski definition) is 4. The number of esters is 1. The fourth-order valence-corrected chi connectivity index (χ4v) is 3.11. The van der Waals surface area contributed by atoms with Gasteiger partial charge in [0.25, 0.3) is 0 Å². The maximum atomic E-state index is 12.1. The van der Waals surface area contributed by atoms with Crippen molar-refractivity contribution in [1.82, 2.24) is 0 Å². The zero-order valence-corrected chi connectivity index (χ0v) is 14.1. The maximum Gasteiger partial charge on any atom is 0.343 e. The number of rotatable bonds is 3. The second-order valence-corrected chi connectivity index (χ2v) is 7.52. The highest BCUT2D eigenvalue weighted by Crippen LogP contribution is 2.27. The highest BCUT2D eigenvalue weighted by Gasteiger charge is 2.16. The maximum absolute atomic E-state index is 12.1. The van der Waals surface area contributed by atoms with E-state index in [4.69, 9.17) is 27.9 Å². The molecule has 116 valence electrons. The third kappa shape index (κ3) is 3.80. The molecule has 22 heavy (non-hydrogen) atoms. The van der Waals surface area contributed by atoms with Gasteiger partial charge in [0.1, 0.15) is 5.75 Å². The number of hydrogen-bond donors (Lipinski definition) is 0. The average molecular weight is 359 g/mol. The van der Waals surface area contributed by atoms with Crippen LogP contribution in [0.2, 0.25) is 10.0 Å². The quantitative estimate of drug-likeness (QED) is 0.616. The minimum Gasteiger partial charge on any atom is -0.423 e. The van der Waals surface area contributed by atoms with E-state index in [0.29, 0.717) is 10.6 Å². The lowest BCUT2D eigenvalue weighted by Crippen LogP contribution is -2.10. The smallest absolute Gasteiger partial charge is 0.343 e. The molecule has 0 unspecified atom stereocenters. The summed E-state index contributed by atoms with van der Waals surface area (Å²) in [4.78, 5) is 12.2. The molecule has 0 amide bonds. The second-order valence-electron chi connectivity index (χ2n) is 4.72. The van der Waals surface area contributed by atoms with Gasteiger partial charge in [-0.3, -0.25) is 0 Å². The van der Waals surface area contributed by atoms with Gasteiger partial charge in [-0.05, 0) is 36.8 Å². The zero-order valence-electron chi connectivity index (χ0n) is 11.8. The van der Waals surface area contributed by atoms with Crippen LogP contribution in [0.3, 0.4) is 0 Å². The van der Waals surface area contributed by atoms with Gasteiger partial charge in [-0.2, -0.15) is 0 Å². The number of aryl methyl sites for hydroxylation is 1. The topological polar surface area (TPSA) is 60.4 Å². The Hall–Kier alpha value is -1.56. The molecule has 0 N–H and O–H groups in total. The first kappa shape index (κ1) is 16.8. The molecule has 0 aliphatic heterocycles. The van der Waals surface area contributed by atoms with Gasteiger partial charge >= 0.3 is 5.97 Å². The van der Waals surface area contributed by atoms with E-state index in [-0.39, 0.29) is 21.2 Å². The standard InChI is InChI=1S/C15H12Cl2O4S/c1-9-3-4-10(7-14(9)22(2,19)20)15(18)21-11-5-6-12(16)13(17)8-11/h3-8H,1-2H3. The monoisotopic (exact) mass is 358 g/mol. The number of carbonyl (C=O) groups excluding carboxylic acids is 1. The SMILES string of the molecule is Cc1ccc(C(=O)Oc2ccc(Cl)c(Cl)c2)cc1S(C)(=O)=O. The van der Waals surface area contributed by atoms with E-state index in [1.807, 2.05) is 0 Å². The van der Waals surface area contributed by atoms with Crippen LogP contribution in [0.1, 0.15) is 15.9 Å². The van der Waals surface area contributed by atoms with Gasteiger partial charge in [0.2, 0.25) is 0 Å². The van der Waals surface area contributed by atoms with Crippen LogP contribution in [0.5, 0.6) is 5.75 Å². The van der Waals surface area contributed by atoms with Crippen molar-refractivity contribution in [1.29, 1.82) is 0 Å². The Kier molecular flexibility index (Phi) is 4.80. The van der Waals surface area contributed by atoms with Gasteiger partial charge < -0.3 is 4.74 Å². The second kappa shape index (κ2) is 6.28. The van der Waals surface area contributed by atoms with Crippen LogP contribution >= 0.6 is 23.2 Å². The van der Waals surface area contributed by atoms with Crippen molar-refractivity contribution in [2.45, 2.75) is 11.8 Å². The summed E-state index contributed by atoms with van der Waals surface area (Å²) in [6, 6.07) is 8.77. The number of halogens is 2. The van der Waals surface area contributed by atoms with Crippen LogP contribution in [0.4, 0.5) is 0 Å². The Morgan fingerprint density at radius 2 is 1.73 bits per heavy atom. The van der Waals surface area contributed by atoms with Crippen molar-refractivity contribution in [2.24, 2.45) is 0 Å². The molecule has 0 spiro atoms. The van der Waals surface area contributed by atoms with Gasteiger partial charge in [0.05, 0.1) is 20.5 Å². The predicted octanol–water partition coefficient (Wildman–Crippen LogP) is 3.92. The van der Waals surface area contributed by atoms with Crippen molar-refractivity contribution >= 4 is 39.0 Å². The van der Waals surface area contributed by atoms with Gasteiger partial charge in [0.15, 0.2) is 9.84 Å². The Morgan fingerprint density at radius 1 is 1.05 bits per heavy atom. The molecule has 0 saturated carbocycles. The first-order valence-electron chi connectivity index (χ1n) is 6.16. The summed E-state index contributed by atoms with van der Waals surface area (Å²) in [5.41, 5.74) is 0.700. The normalized spacial score (nSPS) is 11.3. The molecular weight excluding hydrogens is 347 g/mol. The predicted molar refractivity (Wildman–Crippen MR) is 85.7 cm³/mol. The molecule has 0 fully saturated rings. The molecule has 0 saturated heterocycles. The molecule has 2 rings (SSSR count). The third-order valence-corrected chi connectivity index (χ3v) is 4.90. The van der Waals surface area contributed by atoms with Gasteiger partial charge in [-0.15, -0.1) is 0 Å². The van der Waals surface area contributed by atoms with Gasteiger partial charge in [-0.1, -0.05) is 29.3 Å². The molecule has 0 radical (unpaired) electrons. The summed E-state index contributed by atoms with van der Waals surface area (Å²) in [6.45, 7) is 1.66. The number of benzene rings is 2.